The second kappa shape index (κ2) is 22.2. The number of rotatable bonds is 6. The summed E-state index contributed by atoms with van der Waals surface area (Å²) in [5, 5.41) is 12.0. The molecule has 0 aromatic heterocycles. The fourth-order valence-corrected chi connectivity index (χ4v) is 1.40. The summed E-state index contributed by atoms with van der Waals surface area (Å²) in [5.41, 5.74) is 1.70. The van der Waals surface area contributed by atoms with Crippen LogP contribution >= 0.6 is 0 Å². The molecule has 1 aliphatic carbocycles. The Morgan fingerprint density at radius 2 is 1.52 bits per heavy atom. The second-order valence-corrected chi connectivity index (χ2v) is 5.88. The van der Waals surface area contributed by atoms with Gasteiger partial charge in [-0.1, -0.05) is 64.8 Å². The van der Waals surface area contributed by atoms with E-state index in [1.807, 2.05) is 13.8 Å². The van der Waals surface area contributed by atoms with Crippen molar-refractivity contribution in [3.63, 3.8) is 0 Å². The molecular weight excluding hydrogens is 361 g/mol. The molecule has 0 aliphatic heterocycles. The molecule has 23 heavy (non-hydrogen) atoms. The van der Waals surface area contributed by atoms with Crippen molar-refractivity contribution in [2.45, 2.75) is 59.4 Å². The van der Waals surface area contributed by atoms with E-state index in [0.29, 0.717) is 0 Å². The van der Waals surface area contributed by atoms with Crippen LogP contribution in [0.15, 0.2) is 23.8 Å². The van der Waals surface area contributed by atoms with Crippen molar-refractivity contribution in [1.29, 1.82) is 0 Å². The number of allylic oxidation sites excluding steroid dienone is 4. The first-order chi connectivity index (χ1) is 9.91. The molecule has 0 unspecified atom stereocenters. The summed E-state index contributed by atoms with van der Waals surface area (Å²) in [6.45, 7) is 13.4. The van der Waals surface area contributed by atoms with Gasteiger partial charge in [0.2, 0.25) is 0 Å². The summed E-state index contributed by atoms with van der Waals surface area (Å²) < 4.78 is 0. The van der Waals surface area contributed by atoms with Gasteiger partial charge in [-0.25, -0.2) is 0 Å². The first-order valence-corrected chi connectivity index (χ1v) is 8.05. The van der Waals surface area contributed by atoms with Crippen LogP contribution in [0.2, 0.25) is 0 Å². The molecule has 0 heterocycles. The van der Waals surface area contributed by atoms with E-state index in [-0.39, 0.29) is 39.2 Å². The fourth-order valence-electron chi connectivity index (χ4n) is 1.40. The van der Waals surface area contributed by atoms with E-state index in [2.05, 4.69) is 54.9 Å². The van der Waals surface area contributed by atoms with Crippen LogP contribution in [0, 0.1) is 7.43 Å². The van der Waals surface area contributed by atoms with Gasteiger partial charge in [0.15, 0.2) is 0 Å². The number of hydrogen-bond acceptors (Lipinski definition) is 0. The summed E-state index contributed by atoms with van der Waals surface area (Å²) in [5.74, 6) is 0. The van der Waals surface area contributed by atoms with Gasteiger partial charge in [0, 0.05) is 0 Å². The summed E-state index contributed by atoms with van der Waals surface area (Å²) in [6, 6.07) is 0. The van der Waals surface area contributed by atoms with Gasteiger partial charge in [0.25, 0.3) is 0 Å². The third-order valence-electron chi connectivity index (χ3n) is 2.72. The monoisotopic (exact) mass is 399 g/mol. The number of hydrogen-bond donors (Lipinski definition) is 0. The third-order valence-corrected chi connectivity index (χ3v) is 2.72. The normalized spacial score (nSPS) is 11.9. The summed E-state index contributed by atoms with van der Waals surface area (Å²) in [6.07, 6.45) is 10.2. The zero-order valence-corrected chi connectivity index (χ0v) is 19.3. The van der Waals surface area contributed by atoms with E-state index in [1.165, 1.54) is 12.8 Å². The maximum atomic E-state index is 4.57. The van der Waals surface area contributed by atoms with Gasteiger partial charge in [0.1, 0.15) is 0 Å². The van der Waals surface area contributed by atoms with E-state index >= 15 is 0 Å². The van der Waals surface area contributed by atoms with Crippen LogP contribution in [0.5, 0.6) is 0 Å². The van der Waals surface area contributed by atoms with Crippen LogP contribution in [0.25, 0.3) is 16.0 Å². The average molecular weight is 401 g/mol. The van der Waals surface area contributed by atoms with Crippen LogP contribution < -0.4 is 0 Å². The first-order valence-electron chi connectivity index (χ1n) is 8.05. The topological polar surface area (TPSA) is 42.3 Å². The molecule has 0 saturated carbocycles. The molecule has 0 spiro atoms. The van der Waals surface area contributed by atoms with Crippen LogP contribution in [0.3, 0.4) is 0 Å². The van der Waals surface area contributed by atoms with Gasteiger partial charge in [-0.3, -0.25) is 0 Å². The molecule has 0 atom stereocenters. The minimum atomic E-state index is 0. The SMILES string of the molecule is CC(C)(C)[N-]CCCC1=CC=CC1.CC[N-]C.CC[N-]C.[CH3-].[Zr+4]. The average Bonchev–Trinajstić information content (AvgIpc) is 2.96. The molecule has 0 fully saturated rings. The smallest absolute Gasteiger partial charge is 0.665 e. The van der Waals surface area contributed by atoms with Crippen LogP contribution in [-0.2, 0) is 26.2 Å². The predicted molar refractivity (Wildman–Crippen MR) is 105 cm³/mol. The Balaban J connectivity index is -0.000000153. The molecule has 134 valence electrons. The van der Waals surface area contributed by atoms with Gasteiger partial charge >= 0.3 is 26.2 Å². The van der Waals surface area contributed by atoms with E-state index < -0.39 is 0 Å². The Bertz CT molecular complexity index is 260. The van der Waals surface area contributed by atoms with Crippen molar-refractivity contribution in [1.82, 2.24) is 0 Å². The van der Waals surface area contributed by atoms with E-state index in [1.54, 1.807) is 19.7 Å². The van der Waals surface area contributed by atoms with Gasteiger partial charge in [-0.05, 0) is 12.8 Å². The van der Waals surface area contributed by atoms with Crippen molar-refractivity contribution in [3.05, 3.63) is 47.2 Å². The standard InChI is InChI=1S/C12H20N.2C3H8N.CH3.Zr/c1-12(2,3)13-10-6-9-11-7-4-5-8-11;2*1-3-4-2;;/h4-5,7H,6,8-10H2,1-3H3;2*3H2,1-2H3;1H3;/q4*-1;+4. The van der Waals surface area contributed by atoms with Gasteiger partial charge in [-0.15, -0.1) is 12.1 Å². The van der Waals surface area contributed by atoms with E-state index in [0.717, 1.165) is 26.1 Å². The molecule has 0 aromatic rings. The molecule has 1 aliphatic rings. The predicted octanol–water partition coefficient (Wildman–Crippen LogP) is 6.29. The fraction of sp³-hybridized carbons (Fsp3) is 0.737. The summed E-state index contributed by atoms with van der Waals surface area (Å²) in [4.78, 5) is 0. The van der Waals surface area contributed by atoms with Crippen LogP contribution in [0.4, 0.5) is 0 Å². The minimum absolute atomic E-state index is 0. The van der Waals surface area contributed by atoms with Gasteiger partial charge in [0.05, 0.1) is 0 Å². The van der Waals surface area contributed by atoms with Crippen LogP contribution in [0.1, 0.15) is 53.9 Å². The van der Waals surface area contributed by atoms with Gasteiger partial charge < -0.3 is 23.4 Å². The molecule has 0 amide bonds. The van der Waals surface area contributed by atoms with Crippen LogP contribution in [-0.4, -0.2) is 39.3 Å². The van der Waals surface area contributed by atoms with E-state index in [9.17, 15) is 0 Å². The molecule has 0 saturated heterocycles. The molecule has 4 heteroatoms. The molecule has 1 rings (SSSR count). The zero-order valence-electron chi connectivity index (χ0n) is 16.8. The van der Waals surface area contributed by atoms with Crippen molar-refractivity contribution in [2.75, 3.05) is 33.7 Å². The summed E-state index contributed by atoms with van der Waals surface area (Å²) >= 11 is 0. The Morgan fingerprint density at radius 3 is 1.83 bits per heavy atom. The number of nitrogens with zero attached hydrogens (tertiary/aromatic N) is 3. The minimum Gasteiger partial charge on any atom is -0.665 e. The van der Waals surface area contributed by atoms with Gasteiger partial charge in [-0.2, -0.15) is 27.2 Å². The largest absolute Gasteiger partial charge is 4.00 e. The van der Waals surface area contributed by atoms with Crippen molar-refractivity contribution < 1.29 is 26.2 Å². The quantitative estimate of drug-likeness (QED) is 0.371. The van der Waals surface area contributed by atoms with E-state index in [4.69, 9.17) is 0 Å². The molecule has 3 nitrogen and oxygen atoms in total. The zero-order chi connectivity index (χ0) is 16.6. The molecule has 0 N–H and O–H groups in total. The Kier molecular flexibility index (Phi) is 30.0. The molecule has 0 radical (unpaired) electrons. The van der Waals surface area contributed by atoms with Crippen molar-refractivity contribution in [3.8, 4) is 0 Å². The first kappa shape index (κ1) is 31.1. The Hall–Kier alpha value is 0.243. The Morgan fingerprint density at radius 1 is 1.04 bits per heavy atom. The maximum Gasteiger partial charge on any atom is 4.00 e. The molecule has 0 bridgehead atoms. The van der Waals surface area contributed by atoms with Crippen molar-refractivity contribution in [2.24, 2.45) is 0 Å². The second-order valence-electron chi connectivity index (χ2n) is 5.88. The molecule has 0 aromatic carbocycles. The summed E-state index contributed by atoms with van der Waals surface area (Å²) in [7, 11) is 3.61. The molecular formula is C19H39N3Zr. The third kappa shape index (κ3) is 30.7. The Labute approximate surface area is 166 Å². The van der Waals surface area contributed by atoms with Crippen molar-refractivity contribution >= 4 is 0 Å². The maximum absolute atomic E-state index is 4.57.